The third-order valence-electron chi connectivity index (χ3n) is 2.93. The molecule has 1 rings (SSSR count). The van der Waals surface area contributed by atoms with Crippen LogP contribution in [0.5, 0.6) is 0 Å². The number of halogens is 1. The highest BCUT2D eigenvalue weighted by molar-refractivity contribution is 6.30. The summed E-state index contributed by atoms with van der Waals surface area (Å²) in [4.78, 5) is 13.6. The summed E-state index contributed by atoms with van der Waals surface area (Å²) >= 11 is 5.84. The molecule has 100 valence electrons. The van der Waals surface area contributed by atoms with Crippen LogP contribution >= 0.6 is 11.6 Å². The van der Waals surface area contributed by atoms with E-state index in [4.69, 9.17) is 16.3 Å². The number of hydrogen-bond acceptors (Lipinski definition) is 3. The van der Waals surface area contributed by atoms with Gasteiger partial charge in [-0.1, -0.05) is 30.7 Å². The molecular weight excluding hydrogens is 250 g/mol. The van der Waals surface area contributed by atoms with Crippen molar-refractivity contribution in [2.45, 2.75) is 19.9 Å². The minimum absolute atomic E-state index is 0.0627. The van der Waals surface area contributed by atoms with E-state index in [0.29, 0.717) is 6.54 Å². The summed E-state index contributed by atoms with van der Waals surface area (Å²) in [5.41, 5.74) is 1.18. The van der Waals surface area contributed by atoms with E-state index >= 15 is 0 Å². The SMILES string of the molecule is CCC(CN(C)Cc1ccc(Cl)cc1)C(=O)OC. The van der Waals surface area contributed by atoms with Crippen LogP contribution in [-0.4, -0.2) is 31.6 Å². The van der Waals surface area contributed by atoms with Gasteiger partial charge in [-0.15, -0.1) is 0 Å². The van der Waals surface area contributed by atoms with E-state index < -0.39 is 0 Å². The van der Waals surface area contributed by atoms with Gasteiger partial charge in [-0.05, 0) is 31.2 Å². The molecule has 0 amide bonds. The Morgan fingerprint density at radius 2 is 2.00 bits per heavy atom. The van der Waals surface area contributed by atoms with Gasteiger partial charge < -0.3 is 9.64 Å². The summed E-state index contributed by atoms with van der Waals surface area (Å²) in [6.07, 6.45) is 0.789. The van der Waals surface area contributed by atoms with Crippen LogP contribution in [0.25, 0.3) is 0 Å². The molecule has 1 unspecified atom stereocenters. The molecule has 1 aromatic carbocycles. The highest BCUT2D eigenvalue weighted by Crippen LogP contribution is 2.13. The third-order valence-corrected chi connectivity index (χ3v) is 3.18. The van der Waals surface area contributed by atoms with Crippen molar-refractivity contribution in [1.82, 2.24) is 4.90 Å². The first-order chi connectivity index (χ1) is 8.56. The predicted molar refractivity (Wildman–Crippen MR) is 73.6 cm³/mol. The molecule has 1 atom stereocenters. The molecule has 0 saturated carbocycles. The van der Waals surface area contributed by atoms with Gasteiger partial charge >= 0.3 is 5.97 Å². The number of methoxy groups -OCH3 is 1. The Hall–Kier alpha value is -1.06. The van der Waals surface area contributed by atoms with Gasteiger partial charge in [0.05, 0.1) is 13.0 Å². The second-order valence-electron chi connectivity index (χ2n) is 4.45. The molecule has 0 spiro atoms. The van der Waals surface area contributed by atoms with Gasteiger partial charge in [0.15, 0.2) is 0 Å². The summed E-state index contributed by atoms with van der Waals surface area (Å²) in [6.45, 7) is 3.49. The van der Waals surface area contributed by atoms with E-state index in [1.807, 2.05) is 38.2 Å². The molecule has 0 aliphatic rings. The zero-order valence-electron chi connectivity index (χ0n) is 11.1. The molecule has 0 fully saturated rings. The average molecular weight is 270 g/mol. The van der Waals surface area contributed by atoms with E-state index in [1.54, 1.807) is 0 Å². The van der Waals surface area contributed by atoms with E-state index in [0.717, 1.165) is 18.0 Å². The zero-order valence-corrected chi connectivity index (χ0v) is 11.9. The summed E-state index contributed by atoms with van der Waals surface area (Å²) in [5, 5.41) is 0.738. The molecule has 0 N–H and O–H groups in total. The Morgan fingerprint density at radius 3 is 2.50 bits per heavy atom. The Kier molecular flexibility index (Phi) is 6.16. The van der Waals surface area contributed by atoms with Gasteiger partial charge in [-0.3, -0.25) is 4.79 Å². The van der Waals surface area contributed by atoms with Crippen LogP contribution in [0.1, 0.15) is 18.9 Å². The molecule has 0 radical (unpaired) electrons. The zero-order chi connectivity index (χ0) is 13.5. The molecule has 0 bridgehead atoms. The van der Waals surface area contributed by atoms with Crippen molar-refractivity contribution in [3.05, 3.63) is 34.9 Å². The normalized spacial score (nSPS) is 12.5. The lowest BCUT2D eigenvalue weighted by molar-refractivity contribution is -0.146. The first kappa shape index (κ1) is 15.0. The van der Waals surface area contributed by atoms with Crippen molar-refractivity contribution in [2.24, 2.45) is 5.92 Å². The number of rotatable bonds is 6. The van der Waals surface area contributed by atoms with E-state index in [1.165, 1.54) is 12.7 Å². The Labute approximate surface area is 114 Å². The summed E-state index contributed by atoms with van der Waals surface area (Å²) in [6, 6.07) is 7.75. The minimum Gasteiger partial charge on any atom is -0.469 e. The van der Waals surface area contributed by atoms with Crippen molar-refractivity contribution in [1.29, 1.82) is 0 Å². The second kappa shape index (κ2) is 7.39. The molecule has 4 heteroatoms. The molecule has 3 nitrogen and oxygen atoms in total. The van der Waals surface area contributed by atoms with Gasteiger partial charge in [-0.2, -0.15) is 0 Å². The predicted octanol–water partition coefficient (Wildman–Crippen LogP) is 2.97. The molecule has 1 aromatic rings. The topological polar surface area (TPSA) is 29.5 Å². The Morgan fingerprint density at radius 1 is 1.39 bits per heavy atom. The lowest BCUT2D eigenvalue weighted by atomic mass is 10.1. The van der Waals surface area contributed by atoms with Crippen LogP contribution in [0, 0.1) is 5.92 Å². The molecule has 0 aliphatic carbocycles. The third kappa shape index (κ3) is 4.67. The monoisotopic (exact) mass is 269 g/mol. The first-order valence-corrected chi connectivity index (χ1v) is 6.45. The second-order valence-corrected chi connectivity index (χ2v) is 4.89. The van der Waals surface area contributed by atoms with E-state index in [-0.39, 0.29) is 11.9 Å². The first-order valence-electron chi connectivity index (χ1n) is 6.07. The van der Waals surface area contributed by atoms with Gasteiger partial charge in [0.25, 0.3) is 0 Å². The average Bonchev–Trinajstić information content (AvgIpc) is 2.37. The number of nitrogens with zero attached hydrogens (tertiary/aromatic N) is 1. The highest BCUT2D eigenvalue weighted by Gasteiger charge is 2.18. The van der Waals surface area contributed by atoms with Gasteiger partial charge in [-0.25, -0.2) is 0 Å². The number of hydrogen-bond donors (Lipinski definition) is 0. The lowest BCUT2D eigenvalue weighted by Crippen LogP contribution is -2.30. The van der Waals surface area contributed by atoms with Crippen molar-refractivity contribution in [2.75, 3.05) is 20.7 Å². The van der Waals surface area contributed by atoms with Crippen molar-refractivity contribution in [3.8, 4) is 0 Å². The number of ether oxygens (including phenoxy) is 1. The number of carbonyl (C=O) groups is 1. The summed E-state index contributed by atoms with van der Waals surface area (Å²) < 4.78 is 4.79. The largest absolute Gasteiger partial charge is 0.469 e. The quantitative estimate of drug-likeness (QED) is 0.744. The van der Waals surface area contributed by atoms with Crippen LogP contribution in [0.4, 0.5) is 0 Å². The maximum absolute atomic E-state index is 11.5. The van der Waals surface area contributed by atoms with Crippen LogP contribution in [0.15, 0.2) is 24.3 Å². The maximum atomic E-state index is 11.5. The highest BCUT2D eigenvalue weighted by atomic mass is 35.5. The molecule has 0 aliphatic heterocycles. The van der Waals surface area contributed by atoms with E-state index in [9.17, 15) is 4.79 Å². The standard InChI is InChI=1S/C14H20ClNO2/c1-4-12(14(17)18-3)10-16(2)9-11-5-7-13(15)8-6-11/h5-8,12H,4,9-10H2,1-3H3. The van der Waals surface area contributed by atoms with Crippen molar-refractivity contribution < 1.29 is 9.53 Å². The number of esters is 1. The van der Waals surface area contributed by atoms with Crippen molar-refractivity contribution >= 4 is 17.6 Å². The fraction of sp³-hybridized carbons (Fsp3) is 0.500. The fourth-order valence-electron chi connectivity index (χ4n) is 1.88. The Balaban J connectivity index is 2.52. The molecule has 0 saturated heterocycles. The number of benzene rings is 1. The fourth-order valence-corrected chi connectivity index (χ4v) is 2.01. The summed E-state index contributed by atoms with van der Waals surface area (Å²) in [7, 11) is 3.43. The smallest absolute Gasteiger partial charge is 0.309 e. The van der Waals surface area contributed by atoms with Crippen molar-refractivity contribution in [3.63, 3.8) is 0 Å². The molecular formula is C14H20ClNO2. The van der Waals surface area contributed by atoms with Gasteiger partial charge in [0, 0.05) is 18.1 Å². The minimum atomic E-state index is -0.138. The van der Waals surface area contributed by atoms with Crippen LogP contribution in [-0.2, 0) is 16.1 Å². The Bertz CT molecular complexity index is 378. The maximum Gasteiger partial charge on any atom is 0.309 e. The molecule has 0 heterocycles. The van der Waals surface area contributed by atoms with Crippen LogP contribution in [0.2, 0.25) is 5.02 Å². The van der Waals surface area contributed by atoms with E-state index in [2.05, 4.69) is 4.90 Å². The van der Waals surface area contributed by atoms with Crippen LogP contribution < -0.4 is 0 Å². The summed E-state index contributed by atoms with van der Waals surface area (Å²) in [5.74, 6) is -0.201. The lowest BCUT2D eigenvalue weighted by Gasteiger charge is -2.21. The molecule has 18 heavy (non-hydrogen) atoms. The molecule has 0 aromatic heterocycles. The van der Waals surface area contributed by atoms with Crippen LogP contribution in [0.3, 0.4) is 0 Å². The number of carbonyl (C=O) groups excluding carboxylic acids is 1. The van der Waals surface area contributed by atoms with Gasteiger partial charge in [0.1, 0.15) is 0 Å². The van der Waals surface area contributed by atoms with Gasteiger partial charge in [0.2, 0.25) is 0 Å².